The van der Waals surface area contributed by atoms with Gasteiger partial charge in [-0.05, 0) is 36.8 Å². The number of hydrogen-bond donors (Lipinski definition) is 2. The highest BCUT2D eigenvalue weighted by Gasteiger charge is 1.99. The molecule has 0 saturated heterocycles. The van der Waals surface area contributed by atoms with Crippen molar-refractivity contribution in [3.63, 3.8) is 0 Å². The van der Waals surface area contributed by atoms with Crippen LogP contribution in [-0.4, -0.2) is 32.8 Å². The lowest BCUT2D eigenvalue weighted by Crippen LogP contribution is -2.39. The summed E-state index contributed by atoms with van der Waals surface area (Å²) in [6.07, 6.45) is 0. The topological polar surface area (TPSA) is 54.9 Å². The standard InChI is InChI=1S/C19H25N3O2/c1-3-20-19(21-13-14-24-18-7-5-4-6-8-18)22-15-16-9-11-17(23-2)12-10-16/h4-12H,3,13-15H2,1-2H3,(H2,20,21,22). The first-order valence-corrected chi connectivity index (χ1v) is 8.14. The summed E-state index contributed by atoms with van der Waals surface area (Å²) in [4.78, 5) is 4.58. The van der Waals surface area contributed by atoms with Gasteiger partial charge < -0.3 is 20.1 Å². The molecular weight excluding hydrogens is 302 g/mol. The van der Waals surface area contributed by atoms with Crippen molar-refractivity contribution in [3.8, 4) is 11.5 Å². The van der Waals surface area contributed by atoms with E-state index in [0.29, 0.717) is 19.7 Å². The van der Waals surface area contributed by atoms with Crippen LogP contribution in [-0.2, 0) is 6.54 Å². The van der Waals surface area contributed by atoms with Crippen LogP contribution in [0.4, 0.5) is 0 Å². The average molecular weight is 327 g/mol. The van der Waals surface area contributed by atoms with Gasteiger partial charge in [-0.25, -0.2) is 4.99 Å². The number of nitrogens with zero attached hydrogens (tertiary/aromatic N) is 1. The van der Waals surface area contributed by atoms with Crippen molar-refractivity contribution < 1.29 is 9.47 Å². The van der Waals surface area contributed by atoms with Gasteiger partial charge in [-0.3, -0.25) is 0 Å². The highest BCUT2D eigenvalue weighted by molar-refractivity contribution is 5.79. The van der Waals surface area contributed by atoms with Gasteiger partial charge in [0.05, 0.1) is 20.2 Å². The van der Waals surface area contributed by atoms with Gasteiger partial charge in [-0.2, -0.15) is 0 Å². The molecule has 0 aromatic heterocycles. The summed E-state index contributed by atoms with van der Waals surface area (Å²) in [5.41, 5.74) is 1.13. The molecule has 5 heteroatoms. The molecule has 0 aliphatic heterocycles. The largest absolute Gasteiger partial charge is 0.497 e. The van der Waals surface area contributed by atoms with Crippen LogP contribution < -0.4 is 20.1 Å². The highest BCUT2D eigenvalue weighted by Crippen LogP contribution is 2.11. The SMILES string of the molecule is CCNC(=NCc1ccc(OC)cc1)NCCOc1ccccc1. The molecule has 0 unspecified atom stereocenters. The zero-order chi connectivity index (χ0) is 17.0. The third kappa shape index (κ3) is 6.20. The molecule has 5 nitrogen and oxygen atoms in total. The Kier molecular flexibility index (Phi) is 7.47. The maximum absolute atomic E-state index is 5.66. The van der Waals surface area contributed by atoms with Crippen molar-refractivity contribution in [1.82, 2.24) is 10.6 Å². The monoisotopic (exact) mass is 327 g/mol. The van der Waals surface area contributed by atoms with Crippen LogP contribution in [0.15, 0.2) is 59.6 Å². The minimum absolute atomic E-state index is 0.580. The van der Waals surface area contributed by atoms with Crippen LogP contribution >= 0.6 is 0 Å². The molecule has 2 aromatic rings. The Morgan fingerprint density at radius 2 is 1.71 bits per heavy atom. The maximum atomic E-state index is 5.66. The third-order valence-corrected chi connectivity index (χ3v) is 3.33. The first-order valence-electron chi connectivity index (χ1n) is 8.14. The number of para-hydroxylation sites is 1. The number of nitrogens with one attached hydrogen (secondary N) is 2. The molecule has 0 bridgehead atoms. The van der Waals surface area contributed by atoms with E-state index in [9.17, 15) is 0 Å². The summed E-state index contributed by atoms with van der Waals surface area (Å²) in [6.45, 7) is 4.73. The van der Waals surface area contributed by atoms with Crippen molar-refractivity contribution in [2.24, 2.45) is 4.99 Å². The average Bonchev–Trinajstić information content (AvgIpc) is 2.64. The van der Waals surface area contributed by atoms with Crippen LogP contribution in [0.25, 0.3) is 0 Å². The second-order valence-electron chi connectivity index (χ2n) is 5.13. The number of rotatable bonds is 8. The summed E-state index contributed by atoms with van der Waals surface area (Å²) in [6, 6.07) is 17.7. The van der Waals surface area contributed by atoms with Crippen LogP contribution in [0, 0.1) is 0 Å². The van der Waals surface area contributed by atoms with Crippen LogP contribution in [0.3, 0.4) is 0 Å². The lowest BCUT2D eigenvalue weighted by Gasteiger charge is -2.12. The van der Waals surface area contributed by atoms with Gasteiger partial charge in [0.25, 0.3) is 0 Å². The van der Waals surface area contributed by atoms with Crippen molar-refractivity contribution in [3.05, 3.63) is 60.2 Å². The van der Waals surface area contributed by atoms with Gasteiger partial charge in [0.2, 0.25) is 0 Å². The molecule has 0 aliphatic rings. The zero-order valence-electron chi connectivity index (χ0n) is 14.3. The second-order valence-corrected chi connectivity index (χ2v) is 5.13. The summed E-state index contributed by atoms with van der Waals surface area (Å²) in [5.74, 6) is 2.51. The molecule has 24 heavy (non-hydrogen) atoms. The summed E-state index contributed by atoms with van der Waals surface area (Å²) in [7, 11) is 1.66. The summed E-state index contributed by atoms with van der Waals surface area (Å²) in [5, 5.41) is 6.51. The fourth-order valence-corrected chi connectivity index (χ4v) is 2.10. The number of guanidine groups is 1. The molecule has 0 radical (unpaired) electrons. The Morgan fingerprint density at radius 3 is 2.38 bits per heavy atom. The Balaban J connectivity index is 1.79. The fourth-order valence-electron chi connectivity index (χ4n) is 2.10. The predicted molar refractivity (Wildman–Crippen MR) is 97.7 cm³/mol. The lowest BCUT2D eigenvalue weighted by atomic mass is 10.2. The molecule has 0 amide bonds. The molecule has 0 fully saturated rings. The first kappa shape index (κ1) is 17.7. The molecule has 0 saturated carbocycles. The van der Waals surface area contributed by atoms with E-state index < -0.39 is 0 Å². The van der Waals surface area contributed by atoms with E-state index in [4.69, 9.17) is 9.47 Å². The van der Waals surface area contributed by atoms with Gasteiger partial charge >= 0.3 is 0 Å². The molecule has 128 valence electrons. The molecule has 0 heterocycles. The minimum atomic E-state index is 0.580. The Bertz CT molecular complexity index is 612. The van der Waals surface area contributed by atoms with Crippen molar-refractivity contribution >= 4 is 5.96 Å². The van der Waals surface area contributed by atoms with E-state index in [0.717, 1.165) is 29.6 Å². The fraction of sp³-hybridized carbons (Fsp3) is 0.316. The lowest BCUT2D eigenvalue weighted by molar-refractivity contribution is 0.322. The molecule has 0 spiro atoms. The zero-order valence-corrected chi connectivity index (χ0v) is 14.3. The van der Waals surface area contributed by atoms with E-state index in [1.165, 1.54) is 0 Å². The first-order chi connectivity index (χ1) is 11.8. The number of benzene rings is 2. The molecule has 2 aromatic carbocycles. The minimum Gasteiger partial charge on any atom is -0.497 e. The Hall–Kier alpha value is -2.69. The van der Waals surface area contributed by atoms with Crippen LogP contribution in [0.1, 0.15) is 12.5 Å². The molecule has 2 rings (SSSR count). The van der Waals surface area contributed by atoms with Crippen molar-refractivity contribution in [1.29, 1.82) is 0 Å². The molecular formula is C19H25N3O2. The normalized spacial score (nSPS) is 11.0. The van der Waals surface area contributed by atoms with E-state index >= 15 is 0 Å². The van der Waals surface area contributed by atoms with Gasteiger partial charge in [0, 0.05) is 6.54 Å². The summed E-state index contributed by atoms with van der Waals surface area (Å²) >= 11 is 0. The number of hydrogen-bond acceptors (Lipinski definition) is 3. The van der Waals surface area contributed by atoms with Crippen molar-refractivity contribution in [2.75, 3.05) is 26.8 Å². The maximum Gasteiger partial charge on any atom is 0.191 e. The van der Waals surface area contributed by atoms with E-state index in [2.05, 4.69) is 15.6 Å². The quantitative estimate of drug-likeness (QED) is 0.445. The van der Waals surface area contributed by atoms with Crippen LogP contribution in [0.5, 0.6) is 11.5 Å². The van der Waals surface area contributed by atoms with Crippen LogP contribution in [0.2, 0.25) is 0 Å². The highest BCUT2D eigenvalue weighted by atomic mass is 16.5. The number of methoxy groups -OCH3 is 1. The van der Waals surface area contributed by atoms with E-state index in [-0.39, 0.29) is 0 Å². The molecule has 0 aliphatic carbocycles. The number of ether oxygens (including phenoxy) is 2. The Morgan fingerprint density at radius 1 is 0.958 bits per heavy atom. The van der Waals surface area contributed by atoms with Gasteiger partial charge in [0.1, 0.15) is 18.1 Å². The second kappa shape index (κ2) is 10.2. The van der Waals surface area contributed by atoms with Crippen molar-refractivity contribution in [2.45, 2.75) is 13.5 Å². The third-order valence-electron chi connectivity index (χ3n) is 3.33. The van der Waals surface area contributed by atoms with Gasteiger partial charge in [-0.1, -0.05) is 30.3 Å². The smallest absolute Gasteiger partial charge is 0.191 e. The molecule has 0 atom stereocenters. The number of aliphatic imine (C=N–C) groups is 1. The van der Waals surface area contributed by atoms with Gasteiger partial charge in [-0.15, -0.1) is 0 Å². The van der Waals surface area contributed by atoms with E-state index in [1.54, 1.807) is 7.11 Å². The summed E-state index contributed by atoms with van der Waals surface area (Å²) < 4.78 is 10.8. The van der Waals surface area contributed by atoms with Gasteiger partial charge in [0.15, 0.2) is 5.96 Å². The Labute approximate surface area is 143 Å². The van der Waals surface area contributed by atoms with E-state index in [1.807, 2.05) is 61.5 Å². The molecule has 2 N–H and O–H groups in total. The predicted octanol–water partition coefficient (Wildman–Crippen LogP) is 2.83.